The van der Waals surface area contributed by atoms with Gasteiger partial charge in [0.05, 0.1) is 42.1 Å². The maximum absolute atomic E-state index is 5.95. The number of ether oxygens (including phenoxy) is 1. The van der Waals surface area contributed by atoms with E-state index >= 15 is 0 Å². The number of nitrogens with one attached hydrogen (secondary N) is 1. The van der Waals surface area contributed by atoms with Crippen LogP contribution in [0.5, 0.6) is 0 Å². The molecule has 0 fully saturated rings. The summed E-state index contributed by atoms with van der Waals surface area (Å²) in [5, 5.41) is 14.0. The van der Waals surface area contributed by atoms with Crippen molar-refractivity contribution in [3.05, 3.63) is 46.9 Å². The van der Waals surface area contributed by atoms with E-state index in [0.29, 0.717) is 11.6 Å². The molecular weight excluding hydrogens is 384 g/mol. The van der Waals surface area contributed by atoms with Crippen LogP contribution in [0.1, 0.15) is 11.4 Å². The molecule has 1 N–H and O–H groups in total. The average Bonchev–Trinajstić information content (AvgIpc) is 3.28. The van der Waals surface area contributed by atoms with Crippen LogP contribution < -0.4 is 5.32 Å². The van der Waals surface area contributed by atoms with E-state index in [1.165, 1.54) is 11.3 Å². The van der Waals surface area contributed by atoms with E-state index in [4.69, 9.17) is 16.3 Å². The highest BCUT2D eigenvalue weighted by Crippen LogP contribution is 2.29. The molecule has 0 aliphatic rings. The Bertz CT molecular complexity index is 1050. The number of halogens is 1. The predicted molar refractivity (Wildman–Crippen MR) is 108 cm³/mol. The van der Waals surface area contributed by atoms with Gasteiger partial charge < -0.3 is 10.1 Å². The lowest BCUT2D eigenvalue weighted by molar-refractivity contribution is 0.182. The molecule has 1 aromatic carbocycles. The first-order valence-electron chi connectivity index (χ1n) is 8.47. The van der Waals surface area contributed by atoms with Crippen LogP contribution in [0, 0.1) is 13.8 Å². The van der Waals surface area contributed by atoms with Crippen LogP contribution in [0.4, 0.5) is 10.8 Å². The summed E-state index contributed by atoms with van der Waals surface area (Å²) in [5.41, 5.74) is 4.84. The molecule has 0 amide bonds. The van der Waals surface area contributed by atoms with Crippen LogP contribution >= 0.6 is 22.9 Å². The number of aryl methyl sites for hydroxylation is 1. The Labute approximate surface area is 165 Å². The molecule has 0 unspecified atom stereocenters. The second-order valence-corrected chi connectivity index (χ2v) is 7.55. The first kappa shape index (κ1) is 18.0. The monoisotopic (exact) mass is 402 g/mol. The minimum absolute atomic E-state index is 0.625. The highest BCUT2D eigenvalue weighted by atomic mass is 35.5. The first-order chi connectivity index (χ1) is 13.0. The Balaban J connectivity index is 1.58. The van der Waals surface area contributed by atoms with Crippen molar-refractivity contribution in [1.29, 1.82) is 0 Å². The summed E-state index contributed by atoms with van der Waals surface area (Å²) in [6.07, 6.45) is 1.92. The average molecular weight is 403 g/mol. The third-order valence-corrected chi connectivity index (χ3v) is 5.39. The van der Waals surface area contributed by atoms with Gasteiger partial charge in [0.1, 0.15) is 0 Å². The number of aromatic nitrogens is 5. The largest absolute Gasteiger partial charge is 0.383 e. The van der Waals surface area contributed by atoms with Crippen molar-refractivity contribution in [2.75, 3.05) is 19.0 Å². The van der Waals surface area contributed by atoms with Crippen molar-refractivity contribution in [2.45, 2.75) is 20.4 Å². The van der Waals surface area contributed by atoms with Gasteiger partial charge in [-0.15, -0.1) is 5.10 Å². The van der Waals surface area contributed by atoms with Crippen molar-refractivity contribution in [3.8, 4) is 11.3 Å². The molecule has 7 nitrogen and oxygen atoms in total. The number of hydrogen-bond acceptors (Lipinski definition) is 6. The molecule has 9 heteroatoms. The van der Waals surface area contributed by atoms with Crippen molar-refractivity contribution >= 4 is 38.7 Å². The topological polar surface area (TPSA) is 69.3 Å². The zero-order valence-electron chi connectivity index (χ0n) is 15.2. The van der Waals surface area contributed by atoms with Crippen molar-refractivity contribution < 1.29 is 4.74 Å². The van der Waals surface area contributed by atoms with Gasteiger partial charge in [-0.05, 0) is 26.0 Å². The number of rotatable bonds is 6. The quantitative estimate of drug-likeness (QED) is 0.520. The minimum atomic E-state index is 0.625. The van der Waals surface area contributed by atoms with Crippen molar-refractivity contribution in [3.63, 3.8) is 0 Å². The number of methoxy groups -OCH3 is 1. The smallest absolute Gasteiger partial charge is 0.214 e. The third kappa shape index (κ3) is 3.55. The fourth-order valence-corrected chi connectivity index (χ4v) is 3.80. The summed E-state index contributed by atoms with van der Waals surface area (Å²) in [5.74, 6) is 0. The van der Waals surface area contributed by atoms with E-state index in [9.17, 15) is 0 Å². The predicted octanol–water partition coefficient (Wildman–Crippen LogP) is 4.31. The number of fused-ring (bicyclic) bond motifs is 1. The normalized spacial score (nSPS) is 11.4. The van der Waals surface area contributed by atoms with Gasteiger partial charge in [-0.25, -0.2) is 9.50 Å². The minimum Gasteiger partial charge on any atom is -0.383 e. The molecule has 0 atom stereocenters. The molecular formula is C18H19ClN6OS. The van der Waals surface area contributed by atoms with Gasteiger partial charge in [-0.1, -0.05) is 35.1 Å². The van der Waals surface area contributed by atoms with E-state index in [-0.39, 0.29) is 0 Å². The molecule has 0 bridgehead atoms. The molecule has 3 aromatic heterocycles. The molecule has 0 saturated heterocycles. The van der Waals surface area contributed by atoms with E-state index in [0.717, 1.165) is 45.0 Å². The fourth-order valence-electron chi connectivity index (χ4n) is 2.89. The van der Waals surface area contributed by atoms with E-state index in [2.05, 4.69) is 20.5 Å². The SMILES string of the molecule is COCCn1nc(C)c(Nc2nn3cc(-c4ccc(Cl)cc4)nc3s2)c1C. The van der Waals surface area contributed by atoms with E-state index in [1.54, 1.807) is 11.6 Å². The number of imidazole rings is 1. The lowest BCUT2D eigenvalue weighted by Gasteiger charge is -2.05. The van der Waals surface area contributed by atoms with Crippen LogP contribution in [0.2, 0.25) is 5.02 Å². The lowest BCUT2D eigenvalue weighted by atomic mass is 10.2. The zero-order valence-corrected chi connectivity index (χ0v) is 16.8. The highest BCUT2D eigenvalue weighted by molar-refractivity contribution is 7.20. The summed E-state index contributed by atoms with van der Waals surface area (Å²) in [6, 6.07) is 7.62. The van der Waals surface area contributed by atoms with Crippen molar-refractivity contribution in [2.24, 2.45) is 0 Å². The second-order valence-electron chi connectivity index (χ2n) is 6.15. The molecule has 140 valence electrons. The number of nitrogens with zero attached hydrogens (tertiary/aromatic N) is 5. The van der Waals surface area contributed by atoms with Gasteiger partial charge in [0.15, 0.2) is 0 Å². The molecule has 0 radical (unpaired) electrons. The maximum atomic E-state index is 5.95. The summed E-state index contributed by atoms with van der Waals surface area (Å²) < 4.78 is 8.87. The summed E-state index contributed by atoms with van der Waals surface area (Å²) in [6.45, 7) is 5.36. The van der Waals surface area contributed by atoms with E-state index < -0.39 is 0 Å². The van der Waals surface area contributed by atoms with Crippen LogP contribution in [0.25, 0.3) is 16.2 Å². The molecule has 4 aromatic rings. The second kappa shape index (κ2) is 7.30. The standard InChI is InChI=1S/C18H19ClN6OS/c1-11-16(12(2)24(22-11)8-9-26-3)21-17-23-25-10-15(20-18(25)27-17)13-4-6-14(19)7-5-13/h4-7,10H,8-9H2,1-3H3,(H,21,23). The zero-order chi connectivity index (χ0) is 19.0. The van der Waals surface area contributed by atoms with E-state index in [1.807, 2.05) is 49.0 Å². The van der Waals surface area contributed by atoms with Crippen LogP contribution in [0.15, 0.2) is 30.5 Å². The number of benzene rings is 1. The molecule has 4 rings (SSSR count). The van der Waals surface area contributed by atoms with Crippen LogP contribution in [-0.4, -0.2) is 38.1 Å². The van der Waals surface area contributed by atoms with Gasteiger partial charge in [0.25, 0.3) is 0 Å². The van der Waals surface area contributed by atoms with Crippen molar-refractivity contribution in [1.82, 2.24) is 24.4 Å². The first-order valence-corrected chi connectivity index (χ1v) is 9.66. The molecule has 27 heavy (non-hydrogen) atoms. The summed E-state index contributed by atoms with van der Waals surface area (Å²) in [7, 11) is 1.69. The van der Waals surface area contributed by atoms with Gasteiger partial charge in [0, 0.05) is 17.7 Å². The van der Waals surface area contributed by atoms with Gasteiger partial charge >= 0.3 is 0 Å². The molecule has 3 heterocycles. The lowest BCUT2D eigenvalue weighted by Crippen LogP contribution is -2.07. The molecule has 0 aliphatic carbocycles. The summed E-state index contributed by atoms with van der Waals surface area (Å²) >= 11 is 7.45. The van der Waals surface area contributed by atoms with Gasteiger partial charge in [-0.2, -0.15) is 5.10 Å². The Morgan fingerprint density at radius 1 is 1.19 bits per heavy atom. The Morgan fingerprint density at radius 3 is 2.67 bits per heavy atom. The third-order valence-electron chi connectivity index (χ3n) is 4.30. The Morgan fingerprint density at radius 2 is 1.96 bits per heavy atom. The van der Waals surface area contributed by atoms with Gasteiger partial charge in [0.2, 0.25) is 10.1 Å². The Kier molecular flexibility index (Phi) is 4.86. The fraction of sp³-hybridized carbons (Fsp3) is 0.278. The highest BCUT2D eigenvalue weighted by Gasteiger charge is 2.15. The van der Waals surface area contributed by atoms with Crippen LogP contribution in [-0.2, 0) is 11.3 Å². The Hall–Kier alpha value is -2.42. The van der Waals surface area contributed by atoms with Gasteiger partial charge in [-0.3, -0.25) is 4.68 Å². The maximum Gasteiger partial charge on any atom is 0.214 e. The summed E-state index contributed by atoms with van der Waals surface area (Å²) in [4.78, 5) is 5.49. The molecule has 0 saturated carbocycles. The number of hydrogen-bond donors (Lipinski definition) is 1. The van der Waals surface area contributed by atoms with Crippen LogP contribution in [0.3, 0.4) is 0 Å². The molecule has 0 aliphatic heterocycles. The number of anilines is 2. The molecule has 0 spiro atoms.